The lowest BCUT2D eigenvalue weighted by molar-refractivity contribution is -0.129. The molecular formula is C35H46N6O3. The van der Waals surface area contributed by atoms with E-state index in [2.05, 4.69) is 52.3 Å². The fourth-order valence-electron chi connectivity index (χ4n) is 9.22. The summed E-state index contributed by atoms with van der Waals surface area (Å²) in [5, 5.41) is 8.55. The van der Waals surface area contributed by atoms with Crippen LogP contribution in [0.4, 0.5) is 5.82 Å². The number of aromatic nitrogens is 3. The SMILES string of the molecule is COC(=O)c1cc(-c2ccc(N3CCN(C(C)C)CC3)nc2)cc2c1cnn2CCNC(=O)CC12CC3CC(CC(C3)C1)C2. The number of anilines is 1. The van der Waals surface area contributed by atoms with Crippen LogP contribution in [0, 0.1) is 23.2 Å². The lowest BCUT2D eigenvalue weighted by Gasteiger charge is -2.56. The molecule has 44 heavy (non-hydrogen) atoms. The fourth-order valence-corrected chi connectivity index (χ4v) is 9.22. The summed E-state index contributed by atoms with van der Waals surface area (Å²) in [6.45, 7) is 9.50. The molecule has 1 aliphatic heterocycles. The highest BCUT2D eigenvalue weighted by molar-refractivity contribution is 6.05. The smallest absolute Gasteiger partial charge is 0.338 e. The summed E-state index contributed by atoms with van der Waals surface area (Å²) >= 11 is 0. The van der Waals surface area contributed by atoms with Gasteiger partial charge in [0.15, 0.2) is 0 Å². The number of rotatable bonds is 9. The van der Waals surface area contributed by atoms with Crippen molar-refractivity contribution in [1.82, 2.24) is 25.0 Å². The van der Waals surface area contributed by atoms with Gasteiger partial charge in [-0.1, -0.05) is 0 Å². The van der Waals surface area contributed by atoms with Crippen LogP contribution in [0.3, 0.4) is 0 Å². The molecule has 0 radical (unpaired) electrons. The highest BCUT2D eigenvalue weighted by atomic mass is 16.5. The first-order valence-electron chi connectivity index (χ1n) is 16.6. The first-order chi connectivity index (χ1) is 21.3. The molecule has 4 aliphatic carbocycles. The Bertz CT molecular complexity index is 1490. The molecular weight excluding hydrogens is 552 g/mol. The largest absolute Gasteiger partial charge is 0.465 e. The van der Waals surface area contributed by atoms with Gasteiger partial charge in [-0.3, -0.25) is 14.4 Å². The van der Waals surface area contributed by atoms with E-state index < -0.39 is 5.97 Å². The zero-order valence-electron chi connectivity index (χ0n) is 26.4. The van der Waals surface area contributed by atoms with Crippen molar-refractivity contribution >= 4 is 28.6 Å². The van der Waals surface area contributed by atoms with Gasteiger partial charge in [-0.05, 0) is 105 Å². The first kappa shape index (κ1) is 29.3. The second-order valence-electron chi connectivity index (χ2n) is 14.3. The molecule has 1 amide bonds. The molecule has 1 aromatic carbocycles. The van der Waals surface area contributed by atoms with Crippen molar-refractivity contribution in [3.8, 4) is 11.1 Å². The molecule has 3 aromatic rings. The van der Waals surface area contributed by atoms with Crippen molar-refractivity contribution in [2.24, 2.45) is 23.2 Å². The molecule has 4 saturated carbocycles. The lowest BCUT2D eigenvalue weighted by atomic mass is 9.49. The topological polar surface area (TPSA) is 92.6 Å². The molecule has 0 spiro atoms. The second-order valence-corrected chi connectivity index (χ2v) is 14.3. The average Bonchev–Trinajstić information content (AvgIpc) is 3.42. The fraction of sp³-hybridized carbons (Fsp3) is 0.600. The molecule has 3 heterocycles. The Morgan fingerprint density at radius 3 is 2.30 bits per heavy atom. The third kappa shape index (κ3) is 5.71. The van der Waals surface area contributed by atoms with Gasteiger partial charge in [0.05, 0.1) is 30.9 Å². The van der Waals surface area contributed by atoms with E-state index in [0.717, 1.165) is 71.8 Å². The van der Waals surface area contributed by atoms with Crippen molar-refractivity contribution in [2.45, 2.75) is 71.4 Å². The van der Waals surface area contributed by atoms with Crippen LogP contribution >= 0.6 is 0 Å². The Hall–Kier alpha value is -3.46. The van der Waals surface area contributed by atoms with E-state index in [1.54, 1.807) is 6.20 Å². The molecule has 0 atom stereocenters. The van der Waals surface area contributed by atoms with Crippen LogP contribution in [0.5, 0.6) is 0 Å². The number of benzene rings is 1. The predicted octanol–water partition coefficient (Wildman–Crippen LogP) is 5.14. The van der Waals surface area contributed by atoms with Crippen molar-refractivity contribution < 1.29 is 14.3 Å². The van der Waals surface area contributed by atoms with Crippen LogP contribution in [0.25, 0.3) is 22.0 Å². The summed E-state index contributed by atoms with van der Waals surface area (Å²) in [6, 6.07) is 8.63. The molecule has 5 aliphatic rings. The van der Waals surface area contributed by atoms with E-state index in [1.807, 2.05) is 16.9 Å². The number of nitrogens with one attached hydrogen (secondary N) is 1. The van der Waals surface area contributed by atoms with Crippen molar-refractivity contribution in [1.29, 1.82) is 0 Å². The number of esters is 1. The molecule has 1 saturated heterocycles. The number of hydrogen-bond donors (Lipinski definition) is 1. The van der Waals surface area contributed by atoms with E-state index >= 15 is 0 Å². The number of methoxy groups -OCH3 is 1. The van der Waals surface area contributed by atoms with Gasteiger partial charge in [-0.25, -0.2) is 9.78 Å². The Labute approximate surface area is 260 Å². The van der Waals surface area contributed by atoms with Crippen LogP contribution < -0.4 is 10.2 Å². The number of piperazine rings is 1. The van der Waals surface area contributed by atoms with Gasteiger partial charge in [0.2, 0.25) is 5.91 Å². The lowest BCUT2D eigenvalue weighted by Crippen LogP contribution is -2.49. The minimum Gasteiger partial charge on any atom is -0.465 e. The Balaban J connectivity index is 1.05. The maximum atomic E-state index is 13.1. The average molecular weight is 599 g/mol. The van der Waals surface area contributed by atoms with Gasteiger partial charge in [-0.2, -0.15) is 5.10 Å². The normalized spacial score (nSPS) is 26.5. The van der Waals surface area contributed by atoms with Gasteiger partial charge in [0, 0.05) is 62.3 Å². The molecule has 9 nitrogen and oxygen atoms in total. The predicted molar refractivity (Wildman–Crippen MR) is 171 cm³/mol. The van der Waals surface area contributed by atoms with Crippen LogP contribution in [0.1, 0.15) is 69.2 Å². The second kappa shape index (κ2) is 11.8. The summed E-state index contributed by atoms with van der Waals surface area (Å²) < 4.78 is 7.02. The van der Waals surface area contributed by atoms with E-state index in [1.165, 1.54) is 45.6 Å². The maximum absolute atomic E-state index is 13.1. The van der Waals surface area contributed by atoms with Gasteiger partial charge >= 0.3 is 5.97 Å². The Morgan fingerprint density at radius 2 is 1.68 bits per heavy atom. The number of carbonyl (C=O) groups is 2. The number of carbonyl (C=O) groups excluding carboxylic acids is 2. The monoisotopic (exact) mass is 598 g/mol. The molecule has 2 aromatic heterocycles. The van der Waals surface area contributed by atoms with E-state index in [4.69, 9.17) is 9.72 Å². The first-order valence-corrected chi connectivity index (χ1v) is 16.6. The minimum atomic E-state index is -0.395. The maximum Gasteiger partial charge on any atom is 0.338 e. The van der Waals surface area contributed by atoms with E-state index in [0.29, 0.717) is 31.1 Å². The van der Waals surface area contributed by atoms with Gasteiger partial charge < -0.3 is 15.0 Å². The molecule has 0 unspecified atom stereocenters. The van der Waals surface area contributed by atoms with Crippen LogP contribution in [0.2, 0.25) is 0 Å². The number of nitrogens with zero attached hydrogens (tertiary/aromatic N) is 5. The highest BCUT2D eigenvalue weighted by Crippen LogP contribution is 2.61. The van der Waals surface area contributed by atoms with E-state index in [9.17, 15) is 9.59 Å². The summed E-state index contributed by atoms with van der Waals surface area (Å²) in [7, 11) is 1.40. The highest BCUT2D eigenvalue weighted by Gasteiger charge is 2.51. The third-order valence-corrected chi connectivity index (χ3v) is 11.0. The van der Waals surface area contributed by atoms with Crippen LogP contribution in [-0.4, -0.2) is 77.4 Å². The van der Waals surface area contributed by atoms with E-state index in [-0.39, 0.29) is 11.3 Å². The standard InChI is InChI=1S/C35H46N6O3/c1-23(2)39-8-10-40(11-9-39)32-5-4-27(21-37-32)28-15-29(34(43)44-3)30-22-38-41(31(30)16-28)7-6-36-33(42)20-35-17-24-12-25(18-35)14-26(13-24)19-35/h4-5,15-16,21-26H,6-14,17-20H2,1-3H3,(H,36,42). The zero-order valence-corrected chi connectivity index (χ0v) is 26.4. The summed E-state index contributed by atoms with van der Waals surface area (Å²) in [4.78, 5) is 35.6. The molecule has 1 N–H and O–H groups in total. The van der Waals surface area contributed by atoms with Crippen LogP contribution in [0.15, 0.2) is 36.7 Å². The zero-order chi connectivity index (χ0) is 30.4. The number of ether oxygens (including phenoxy) is 1. The quantitative estimate of drug-likeness (QED) is 0.341. The Kier molecular flexibility index (Phi) is 7.85. The van der Waals surface area contributed by atoms with Crippen molar-refractivity contribution in [3.63, 3.8) is 0 Å². The van der Waals surface area contributed by atoms with Crippen LogP contribution in [-0.2, 0) is 16.1 Å². The molecule has 5 fully saturated rings. The molecule has 8 rings (SSSR count). The van der Waals surface area contributed by atoms with Crippen molar-refractivity contribution in [2.75, 3.05) is 44.7 Å². The minimum absolute atomic E-state index is 0.163. The number of pyridine rings is 1. The Morgan fingerprint density at radius 1 is 0.977 bits per heavy atom. The molecule has 234 valence electrons. The van der Waals surface area contributed by atoms with Gasteiger partial charge in [0.25, 0.3) is 0 Å². The summed E-state index contributed by atoms with van der Waals surface area (Å²) in [5.74, 6) is 3.27. The number of hydrogen-bond acceptors (Lipinski definition) is 7. The summed E-state index contributed by atoms with van der Waals surface area (Å²) in [6.07, 6.45) is 12.1. The van der Waals surface area contributed by atoms with Gasteiger partial charge in [0.1, 0.15) is 5.82 Å². The number of amides is 1. The third-order valence-electron chi connectivity index (χ3n) is 11.0. The van der Waals surface area contributed by atoms with Crippen molar-refractivity contribution in [3.05, 3.63) is 42.2 Å². The number of fused-ring (bicyclic) bond motifs is 1. The molecule has 4 bridgehead atoms. The molecule has 9 heteroatoms. The summed E-state index contributed by atoms with van der Waals surface area (Å²) in [5.41, 5.74) is 3.36. The van der Waals surface area contributed by atoms with Gasteiger partial charge in [-0.15, -0.1) is 0 Å².